The van der Waals surface area contributed by atoms with Gasteiger partial charge in [-0.05, 0) is 19.3 Å². The largest absolute Gasteiger partial charge is 0.481 e. The summed E-state index contributed by atoms with van der Waals surface area (Å²) in [6.45, 7) is 6.28. The minimum absolute atomic E-state index is 0.0115. The zero-order valence-electron chi connectivity index (χ0n) is 12.4. The maximum Gasteiger partial charge on any atom is 0.311 e. The van der Waals surface area contributed by atoms with Gasteiger partial charge < -0.3 is 10.0 Å². The number of nitro groups is 1. The first-order chi connectivity index (χ1) is 9.78. The van der Waals surface area contributed by atoms with E-state index in [1.165, 1.54) is 12.3 Å². The Kier molecular flexibility index (Phi) is 3.85. The fourth-order valence-corrected chi connectivity index (χ4v) is 2.79. The Bertz CT molecular complexity index is 588. The van der Waals surface area contributed by atoms with Crippen LogP contribution < -0.4 is 4.90 Å². The van der Waals surface area contributed by atoms with Crippen LogP contribution in [0.15, 0.2) is 12.3 Å². The number of carbonyl (C=O) groups is 1. The highest BCUT2D eigenvalue weighted by atomic mass is 16.6. The number of anilines is 1. The van der Waals surface area contributed by atoms with Crippen LogP contribution in [0.4, 0.5) is 11.5 Å². The predicted octanol–water partition coefficient (Wildman–Crippen LogP) is 2.24. The molecule has 1 aromatic rings. The fraction of sp³-hybridized carbons (Fsp3) is 0.571. The van der Waals surface area contributed by atoms with Crippen molar-refractivity contribution in [2.24, 2.45) is 11.3 Å². The number of nitrogens with zero attached hydrogens (tertiary/aromatic N) is 3. The average molecular weight is 293 g/mol. The topological polar surface area (TPSA) is 96.6 Å². The van der Waals surface area contributed by atoms with Crippen LogP contribution in [0.2, 0.25) is 0 Å². The third-order valence-corrected chi connectivity index (χ3v) is 4.41. The Morgan fingerprint density at radius 1 is 1.57 bits per heavy atom. The molecule has 0 aliphatic carbocycles. The van der Waals surface area contributed by atoms with E-state index in [4.69, 9.17) is 0 Å². The van der Waals surface area contributed by atoms with Crippen LogP contribution in [0, 0.1) is 28.4 Å². The number of rotatable bonds is 4. The number of carboxylic acid groups (broad SMARTS) is 1. The molecule has 1 unspecified atom stereocenters. The quantitative estimate of drug-likeness (QED) is 0.675. The molecule has 0 radical (unpaired) electrons. The van der Waals surface area contributed by atoms with E-state index in [1.54, 1.807) is 6.92 Å². The van der Waals surface area contributed by atoms with Crippen molar-refractivity contribution in [3.63, 3.8) is 0 Å². The summed E-state index contributed by atoms with van der Waals surface area (Å²) in [5, 5.41) is 20.5. The summed E-state index contributed by atoms with van der Waals surface area (Å²) in [7, 11) is 0. The lowest BCUT2D eigenvalue weighted by molar-refractivity contribution is -0.385. The molecule has 7 heteroatoms. The minimum Gasteiger partial charge on any atom is -0.481 e. The summed E-state index contributed by atoms with van der Waals surface area (Å²) in [5.41, 5.74) is -0.310. The molecule has 0 bridgehead atoms. The molecule has 7 nitrogen and oxygen atoms in total. The maximum absolute atomic E-state index is 11.6. The summed E-state index contributed by atoms with van der Waals surface area (Å²) in [4.78, 5) is 28.2. The molecule has 21 heavy (non-hydrogen) atoms. The van der Waals surface area contributed by atoms with Gasteiger partial charge in [0, 0.05) is 24.8 Å². The third kappa shape index (κ3) is 2.55. The molecule has 2 rings (SSSR count). The van der Waals surface area contributed by atoms with Crippen LogP contribution in [0.25, 0.3) is 0 Å². The highest BCUT2D eigenvalue weighted by Gasteiger charge is 2.47. The fourth-order valence-electron chi connectivity index (χ4n) is 2.79. The van der Waals surface area contributed by atoms with Gasteiger partial charge in [0.25, 0.3) is 5.69 Å². The molecule has 1 saturated heterocycles. The van der Waals surface area contributed by atoms with Crippen LogP contribution in [0.3, 0.4) is 0 Å². The molecular formula is C14H19N3O4. The lowest BCUT2D eigenvalue weighted by Crippen LogP contribution is -2.39. The normalized spacial score (nSPS) is 21.8. The second-order valence-electron chi connectivity index (χ2n) is 5.87. The van der Waals surface area contributed by atoms with Gasteiger partial charge in [-0.1, -0.05) is 13.8 Å². The smallest absolute Gasteiger partial charge is 0.311 e. The van der Waals surface area contributed by atoms with Crippen molar-refractivity contribution >= 4 is 17.5 Å². The van der Waals surface area contributed by atoms with E-state index in [0.717, 1.165) is 0 Å². The van der Waals surface area contributed by atoms with Gasteiger partial charge in [-0.2, -0.15) is 0 Å². The van der Waals surface area contributed by atoms with E-state index < -0.39 is 16.3 Å². The first kappa shape index (κ1) is 15.2. The molecule has 0 saturated carbocycles. The van der Waals surface area contributed by atoms with E-state index in [9.17, 15) is 20.0 Å². The van der Waals surface area contributed by atoms with Gasteiger partial charge in [0.05, 0.1) is 16.4 Å². The number of hydrogen-bond acceptors (Lipinski definition) is 5. The number of aliphatic carboxylic acids is 1. The van der Waals surface area contributed by atoms with Crippen molar-refractivity contribution in [2.45, 2.75) is 27.2 Å². The minimum atomic E-state index is -0.818. The van der Waals surface area contributed by atoms with Gasteiger partial charge in [-0.25, -0.2) is 4.98 Å². The SMILES string of the molecule is Cc1cnc(N2CCC(C(=O)O)(C(C)C)C2)cc1[N+](=O)[O-]. The van der Waals surface area contributed by atoms with Crippen molar-refractivity contribution in [2.75, 3.05) is 18.0 Å². The van der Waals surface area contributed by atoms with Crippen LogP contribution in [0.1, 0.15) is 25.8 Å². The summed E-state index contributed by atoms with van der Waals surface area (Å²) in [5.74, 6) is -0.363. The van der Waals surface area contributed by atoms with E-state index >= 15 is 0 Å². The molecular weight excluding hydrogens is 274 g/mol. The molecule has 2 heterocycles. The van der Waals surface area contributed by atoms with Gasteiger partial charge in [-0.3, -0.25) is 14.9 Å². The molecule has 1 aliphatic rings. The molecule has 1 aromatic heterocycles. The zero-order valence-corrected chi connectivity index (χ0v) is 12.4. The molecule has 1 fully saturated rings. The second kappa shape index (κ2) is 5.31. The van der Waals surface area contributed by atoms with Crippen molar-refractivity contribution in [3.8, 4) is 0 Å². The van der Waals surface area contributed by atoms with Crippen molar-refractivity contribution in [1.29, 1.82) is 0 Å². The Hall–Kier alpha value is -2.18. The molecule has 1 aliphatic heterocycles. The van der Waals surface area contributed by atoms with Crippen molar-refractivity contribution in [3.05, 3.63) is 27.9 Å². The number of carboxylic acids is 1. The molecule has 1 N–H and O–H groups in total. The Morgan fingerprint density at radius 3 is 2.71 bits per heavy atom. The number of aromatic nitrogens is 1. The number of hydrogen-bond donors (Lipinski definition) is 1. The van der Waals surface area contributed by atoms with E-state index in [2.05, 4.69) is 4.98 Å². The highest BCUT2D eigenvalue weighted by molar-refractivity contribution is 5.77. The summed E-state index contributed by atoms with van der Waals surface area (Å²) in [6.07, 6.45) is 1.98. The summed E-state index contributed by atoms with van der Waals surface area (Å²) < 4.78 is 0. The Labute approximate surface area is 122 Å². The average Bonchev–Trinajstić information content (AvgIpc) is 2.85. The lowest BCUT2D eigenvalue weighted by Gasteiger charge is -2.28. The third-order valence-electron chi connectivity index (χ3n) is 4.41. The highest BCUT2D eigenvalue weighted by Crippen LogP contribution is 2.40. The standard InChI is InChI=1S/C14H19N3O4/c1-9(2)14(13(18)19)4-5-16(8-14)12-6-11(17(20)21)10(3)7-15-12/h6-7,9H,4-5,8H2,1-3H3,(H,18,19). The molecule has 0 spiro atoms. The van der Waals surface area contributed by atoms with Gasteiger partial charge in [0.15, 0.2) is 0 Å². The van der Waals surface area contributed by atoms with Gasteiger partial charge in [0.2, 0.25) is 0 Å². The van der Waals surface area contributed by atoms with Gasteiger partial charge >= 0.3 is 5.97 Å². The van der Waals surface area contributed by atoms with E-state index in [1.807, 2.05) is 18.7 Å². The molecule has 114 valence electrons. The Balaban J connectivity index is 2.32. The number of aryl methyl sites for hydroxylation is 1. The molecule has 0 amide bonds. The lowest BCUT2D eigenvalue weighted by atomic mass is 9.76. The van der Waals surface area contributed by atoms with Crippen LogP contribution >= 0.6 is 0 Å². The van der Waals surface area contributed by atoms with Crippen molar-refractivity contribution in [1.82, 2.24) is 4.98 Å². The Morgan fingerprint density at radius 2 is 2.24 bits per heavy atom. The number of pyridine rings is 1. The molecule has 0 aromatic carbocycles. The second-order valence-corrected chi connectivity index (χ2v) is 5.87. The van der Waals surface area contributed by atoms with Crippen LogP contribution in [-0.4, -0.2) is 34.1 Å². The zero-order chi connectivity index (χ0) is 15.8. The van der Waals surface area contributed by atoms with E-state index in [0.29, 0.717) is 30.9 Å². The van der Waals surface area contributed by atoms with Gasteiger partial charge in [0.1, 0.15) is 5.82 Å². The van der Waals surface area contributed by atoms with E-state index in [-0.39, 0.29) is 11.6 Å². The van der Waals surface area contributed by atoms with Gasteiger partial charge in [-0.15, -0.1) is 0 Å². The first-order valence-corrected chi connectivity index (χ1v) is 6.87. The van der Waals surface area contributed by atoms with Crippen LogP contribution in [0.5, 0.6) is 0 Å². The molecule has 1 atom stereocenters. The monoisotopic (exact) mass is 293 g/mol. The van der Waals surface area contributed by atoms with Crippen molar-refractivity contribution < 1.29 is 14.8 Å². The summed E-state index contributed by atoms with van der Waals surface area (Å²) in [6, 6.07) is 1.42. The predicted molar refractivity (Wildman–Crippen MR) is 77.4 cm³/mol. The summed E-state index contributed by atoms with van der Waals surface area (Å²) >= 11 is 0. The first-order valence-electron chi connectivity index (χ1n) is 6.87. The maximum atomic E-state index is 11.6. The van der Waals surface area contributed by atoms with Crippen LogP contribution in [-0.2, 0) is 4.79 Å².